The van der Waals surface area contributed by atoms with Crippen molar-refractivity contribution in [2.75, 3.05) is 25.5 Å². The molecule has 11 heteroatoms. The van der Waals surface area contributed by atoms with Crippen molar-refractivity contribution in [1.82, 2.24) is 29.8 Å². The SMILES string of the molecule is CCCN(C)CCCC(CC)c1ccc(Nc2nc3ccc(S(=O)(=O)NC4CCC(c5nnc(C(C)(C)C)o5)CC4)cc3[nH]2)cc1. The van der Waals surface area contributed by atoms with Gasteiger partial charge in [0.25, 0.3) is 0 Å². The van der Waals surface area contributed by atoms with E-state index >= 15 is 0 Å². The summed E-state index contributed by atoms with van der Waals surface area (Å²) >= 11 is 0. The number of nitrogens with zero attached hydrogens (tertiary/aromatic N) is 4. The third-order valence-electron chi connectivity index (χ3n) is 9.08. The minimum Gasteiger partial charge on any atom is -0.424 e. The maximum atomic E-state index is 13.3. The highest BCUT2D eigenvalue weighted by atomic mass is 32.2. The van der Waals surface area contributed by atoms with Crippen molar-refractivity contribution < 1.29 is 12.8 Å². The van der Waals surface area contributed by atoms with Crippen LogP contribution < -0.4 is 10.0 Å². The van der Waals surface area contributed by atoms with Gasteiger partial charge in [0.2, 0.25) is 27.8 Å². The molecule has 2 heterocycles. The van der Waals surface area contributed by atoms with Gasteiger partial charge < -0.3 is 19.6 Å². The molecule has 1 unspecified atom stereocenters. The number of imidazole rings is 1. The second-order valence-electron chi connectivity index (χ2n) is 13.9. The zero-order chi connectivity index (χ0) is 32.9. The number of aromatic nitrogens is 4. The lowest BCUT2D eigenvalue weighted by molar-refractivity contribution is 0.304. The molecular formula is C35H51N7O3S. The van der Waals surface area contributed by atoms with Gasteiger partial charge in [0.1, 0.15) is 0 Å². The molecule has 4 aromatic rings. The Balaban J connectivity index is 1.16. The zero-order valence-electron chi connectivity index (χ0n) is 28.3. The normalized spacial score (nSPS) is 18.3. The highest BCUT2D eigenvalue weighted by Gasteiger charge is 2.31. The van der Waals surface area contributed by atoms with Crippen molar-refractivity contribution in [2.45, 2.75) is 114 Å². The Morgan fingerprint density at radius 3 is 2.41 bits per heavy atom. The number of benzene rings is 2. The van der Waals surface area contributed by atoms with Crippen LogP contribution in [0.5, 0.6) is 0 Å². The Labute approximate surface area is 274 Å². The molecule has 10 nitrogen and oxygen atoms in total. The number of hydrogen-bond donors (Lipinski definition) is 3. The lowest BCUT2D eigenvalue weighted by Crippen LogP contribution is -2.37. The largest absolute Gasteiger partial charge is 0.424 e. The summed E-state index contributed by atoms with van der Waals surface area (Å²) in [6, 6.07) is 13.5. The van der Waals surface area contributed by atoms with Crippen LogP contribution >= 0.6 is 0 Å². The first-order valence-corrected chi connectivity index (χ1v) is 18.3. The average Bonchev–Trinajstić information content (AvgIpc) is 3.68. The molecule has 0 spiro atoms. The third-order valence-corrected chi connectivity index (χ3v) is 10.6. The van der Waals surface area contributed by atoms with E-state index in [1.165, 1.54) is 24.8 Å². The van der Waals surface area contributed by atoms with Crippen LogP contribution in [0.15, 0.2) is 51.8 Å². The highest BCUT2D eigenvalue weighted by Crippen LogP contribution is 2.34. The van der Waals surface area contributed by atoms with E-state index in [1.807, 2.05) is 20.8 Å². The molecule has 1 aliphatic carbocycles. The summed E-state index contributed by atoms with van der Waals surface area (Å²) in [5.74, 6) is 2.57. The summed E-state index contributed by atoms with van der Waals surface area (Å²) in [6.45, 7) is 12.9. The number of sulfonamides is 1. The Bertz CT molecular complexity index is 1670. The van der Waals surface area contributed by atoms with Crippen LogP contribution in [0, 0.1) is 0 Å². The average molecular weight is 650 g/mol. The van der Waals surface area contributed by atoms with E-state index in [0.717, 1.165) is 38.0 Å². The molecule has 3 N–H and O–H groups in total. The molecule has 1 saturated carbocycles. The van der Waals surface area contributed by atoms with Crippen LogP contribution in [0.3, 0.4) is 0 Å². The van der Waals surface area contributed by atoms with Crippen LogP contribution in [-0.4, -0.2) is 59.7 Å². The van der Waals surface area contributed by atoms with Crippen molar-refractivity contribution in [1.29, 1.82) is 0 Å². The van der Waals surface area contributed by atoms with E-state index in [2.05, 4.69) is 80.3 Å². The number of anilines is 2. The Hall–Kier alpha value is -3.28. The second-order valence-corrected chi connectivity index (χ2v) is 15.6. The quantitative estimate of drug-likeness (QED) is 0.127. The van der Waals surface area contributed by atoms with E-state index in [9.17, 15) is 8.42 Å². The van der Waals surface area contributed by atoms with Crippen LogP contribution in [0.1, 0.15) is 115 Å². The molecule has 1 fully saturated rings. The van der Waals surface area contributed by atoms with Gasteiger partial charge in [-0.05, 0) is 113 Å². The van der Waals surface area contributed by atoms with Crippen molar-refractivity contribution >= 4 is 32.7 Å². The first-order chi connectivity index (χ1) is 21.9. The van der Waals surface area contributed by atoms with Crippen molar-refractivity contribution in [2.24, 2.45) is 0 Å². The Morgan fingerprint density at radius 1 is 1.02 bits per heavy atom. The maximum Gasteiger partial charge on any atom is 0.240 e. The molecule has 0 bridgehead atoms. The number of aromatic amines is 1. The van der Waals surface area contributed by atoms with Gasteiger partial charge in [0.05, 0.1) is 15.9 Å². The van der Waals surface area contributed by atoms with Crippen LogP contribution in [0.4, 0.5) is 11.6 Å². The summed E-state index contributed by atoms with van der Waals surface area (Å²) < 4.78 is 35.5. The van der Waals surface area contributed by atoms with Crippen LogP contribution in [0.25, 0.3) is 11.0 Å². The van der Waals surface area contributed by atoms with Crippen molar-refractivity contribution in [3.05, 3.63) is 59.8 Å². The van der Waals surface area contributed by atoms with E-state index in [0.29, 0.717) is 47.5 Å². The van der Waals surface area contributed by atoms with Gasteiger partial charge in [0, 0.05) is 23.1 Å². The molecule has 250 valence electrons. The van der Waals surface area contributed by atoms with E-state index in [4.69, 9.17) is 4.42 Å². The fourth-order valence-corrected chi connectivity index (χ4v) is 7.68. The van der Waals surface area contributed by atoms with Gasteiger partial charge in [-0.2, -0.15) is 0 Å². The summed E-state index contributed by atoms with van der Waals surface area (Å²) in [7, 11) is -1.50. The van der Waals surface area contributed by atoms with Gasteiger partial charge in [-0.3, -0.25) is 0 Å². The topological polar surface area (TPSA) is 129 Å². The molecule has 0 saturated heterocycles. The first kappa shape index (κ1) is 34.1. The van der Waals surface area contributed by atoms with Gasteiger partial charge in [-0.25, -0.2) is 18.1 Å². The molecular weight excluding hydrogens is 598 g/mol. The lowest BCUT2D eigenvalue weighted by Gasteiger charge is -2.27. The van der Waals surface area contributed by atoms with E-state index < -0.39 is 10.0 Å². The molecule has 1 atom stereocenters. The van der Waals surface area contributed by atoms with Gasteiger partial charge in [0.15, 0.2) is 0 Å². The summed E-state index contributed by atoms with van der Waals surface area (Å²) in [5.41, 5.74) is 3.46. The minimum atomic E-state index is -3.70. The van der Waals surface area contributed by atoms with Crippen molar-refractivity contribution in [3.63, 3.8) is 0 Å². The number of nitrogens with one attached hydrogen (secondary N) is 3. The second kappa shape index (κ2) is 14.6. The highest BCUT2D eigenvalue weighted by molar-refractivity contribution is 7.89. The van der Waals surface area contributed by atoms with Gasteiger partial charge in [-0.1, -0.05) is 46.8 Å². The Kier molecular flexibility index (Phi) is 10.8. The molecule has 0 aliphatic heterocycles. The van der Waals surface area contributed by atoms with Crippen LogP contribution in [0.2, 0.25) is 0 Å². The predicted octanol–water partition coefficient (Wildman–Crippen LogP) is 7.61. The van der Waals surface area contributed by atoms with Crippen molar-refractivity contribution in [3.8, 4) is 0 Å². The summed E-state index contributed by atoms with van der Waals surface area (Å²) in [6.07, 6.45) is 7.71. The molecule has 2 aromatic carbocycles. The monoisotopic (exact) mass is 649 g/mol. The Morgan fingerprint density at radius 2 is 1.76 bits per heavy atom. The van der Waals surface area contributed by atoms with Crippen LogP contribution in [-0.2, 0) is 15.4 Å². The van der Waals surface area contributed by atoms with Gasteiger partial charge in [-0.15, -0.1) is 10.2 Å². The summed E-state index contributed by atoms with van der Waals surface area (Å²) in [4.78, 5) is 10.5. The number of rotatable bonds is 14. The zero-order valence-corrected chi connectivity index (χ0v) is 29.1. The summed E-state index contributed by atoms with van der Waals surface area (Å²) in [5, 5.41) is 11.8. The lowest BCUT2D eigenvalue weighted by atomic mass is 9.86. The fraction of sp³-hybridized carbons (Fsp3) is 0.571. The molecule has 2 aromatic heterocycles. The molecule has 1 aliphatic rings. The molecule has 46 heavy (non-hydrogen) atoms. The number of H-pyrrole nitrogens is 1. The smallest absolute Gasteiger partial charge is 0.240 e. The third kappa shape index (κ3) is 8.54. The standard InChI is InChI=1S/C35H51N7O3S/c1-7-21-42(6)22-9-10-24(8-2)25-11-15-27(16-12-25)36-34-37-30-20-19-29(23-31(30)38-34)46(43,44)41-28-17-13-26(14-18-28)32-39-40-33(45-32)35(3,4)5/h11-12,15-16,19-20,23-24,26,28,41H,7-10,13-14,17-18,21-22H2,1-6H3,(H2,36,37,38). The predicted molar refractivity (Wildman–Crippen MR) is 184 cm³/mol. The van der Waals surface area contributed by atoms with Gasteiger partial charge >= 0.3 is 0 Å². The fourth-order valence-electron chi connectivity index (χ4n) is 6.35. The maximum absolute atomic E-state index is 13.3. The molecule has 0 amide bonds. The molecule has 0 radical (unpaired) electrons. The van der Waals surface area contributed by atoms with E-state index in [1.54, 1.807) is 18.2 Å². The van der Waals surface area contributed by atoms with E-state index in [-0.39, 0.29) is 22.3 Å². The molecule has 5 rings (SSSR count). The minimum absolute atomic E-state index is 0.140. The number of fused-ring (bicyclic) bond motifs is 1. The number of hydrogen-bond acceptors (Lipinski definition) is 8. The first-order valence-electron chi connectivity index (χ1n) is 16.9.